The number of hydrogen-bond donors (Lipinski definition) is 1. The molecule has 0 aliphatic heterocycles. The van der Waals surface area contributed by atoms with Gasteiger partial charge in [-0.3, -0.25) is 4.72 Å². The highest BCUT2D eigenvalue weighted by Crippen LogP contribution is 2.21. The fraction of sp³-hybridized carbons (Fsp3) is 0.200. The first-order chi connectivity index (χ1) is 9.94. The first-order valence-electron chi connectivity index (χ1n) is 6.43. The maximum absolute atomic E-state index is 12.2. The van der Waals surface area contributed by atoms with Gasteiger partial charge in [0.2, 0.25) is 0 Å². The average molecular weight is 301 g/mol. The molecule has 1 aromatic heterocycles. The largest absolute Gasteiger partial charge is 0.263 e. The van der Waals surface area contributed by atoms with E-state index in [4.69, 9.17) is 5.26 Å². The van der Waals surface area contributed by atoms with Crippen LogP contribution in [0, 0.1) is 11.3 Å². The van der Waals surface area contributed by atoms with Crippen molar-refractivity contribution < 1.29 is 8.42 Å². The molecule has 6 heteroatoms. The zero-order chi connectivity index (χ0) is 15.5. The summed E-state index contributed by atoms with van der Waals surface area (Å²) < 4.78 is 26.9. The quantitative estimate of drug-likeness (QED) is 0.941. The Labute approximate surface area is 124 Å². The van der Waals surface area contributed by atoms with Crippen LogP contribution in [0.15, 0.2) is 47.4 Å². The van der Waals surface area contributed by atoms with E-state index in [2.05, 4.69) is 15.8 Å². The first-order valence-corrected chi connectivity index (χ1v) is 7.91. The molecular weight excluding hydrogens is 286 g/mol. The van der Waals surface area contributed by atoms with E-state index >= 15 is 0 Å². The molecule has 0 radical (unpaired) electrons. The zero-order valence-electron chi connectivity index (χ0n) is 11.7. The van der Waals surface area contributed by atoms with E-state index in [-0.39, 0.29) is 16.6 Å². The molecule has 0 aliphatic carbocycles. The SMILES string of the molecule is CC(C)c1nc(NS(=O)(=O)c2ccccc2)ccc1C#N. The first kappa shape index (κ1) is 15.0. The third-order valence-corrected chi connectivity index (χ3v) is 4.26. The molecule has 2 aromatic rings. The molecule has 0 bridgehead atoms. The Morgan fingerprint density at radius 2 is 1.81 bits per heavy atom. The highest BCUT2D eigenvalue weighted by molar-refractivity contribution is 7.92. The van der Waals surface area contributed by atoms with E-state index in [1.807, 2.05) is 13.8 Å². The summed E-state index contributed by atoms with van der Waals surface area (Å²) in [5, 5.41) is 9.04. The summed E-state index contributed by atoms with van der Waals surface area (Å²) in [6.07, 6.45) is 0. The number of aromatic nitrogens is 1. The van der Waals surface area contributed by atoms with Crippen LogP contribution in [0.3, 0.4) is 0 Å². The predicted octanol–water partition coefficient (Wildman–Crippen LogP) is 2.88. The number of rotatable bonds is 4. The van der Waals surface area contributed by atoms with Gasteiger partial charge in [-0.15, -0.1) is 0 Å². The van der Waals surface area contributed by atoms with Crippen LogP contribution in [0.1, 0.15) is 31.0 Å². The van der Waals surface area contributed by atoms with Crippen molar-refractivity contribution in [2.45, 2.75) is 24.7 Å². The van der Waals surface area contributed by atoms with Gasteiger partial charge < -0.3 is 0 Å². The van der Waals surface area contributed by atoms with E-state index in [1.54, 1.807) is 24.3 Å². The van der Waals surface area contributed by atoms with Gasteiger partial charge in [0.1, 0.15) is 11.9 Å². The lowest BCUT2D eigenvalue weighted by molar-refractivity contribution is 0.601. The molecule has 1 aromatic carbocycles. The topological polar surface area (TPSA) is 82.8 Å². The lowest BCUT2D eigenvalue weighted by Crippen LogP contribution is -2.14. The zero-order valence-corrected chi connectivity index (χ0v) is 12.6. The number of nitrogens with zero attached hydrogens (tertiary/aromatic N) is 2. The Morgan fingerprint density at radius 1 is 1.14 bits per heavy atom. The number of anilines is 1. The van der Waals surface area contributed by atoms with Crippen molar-refractivity contribution in [3.63, 3.8) is 0 Å². The average Bonchev–Trinajstić information content (AvgIpc) is 2.47. The minimum Gasteiger partial charge on any atom is -0.263 e. The Hall–Kier alpha value is -2.39. The Kier molecular flexibility index (Phi) is 4.24. The summed E-state index contributed by atoms with van der Waals surface area (Å²) in [6, 6.07) is 13.2. The van der Waals surface area contributed by atoms with Crippen LogP contribution in [-0.2, 0) is 10.0 Å². The van der Waals surface area contributed by atoms with Crippen LogP contribution in [-0.4, -0.2) is 13.4 Å². The van der Waals surface area contributed by atoms with E-state index in [9.17, 15) is 8.42 Å². The number of nitrogens with one attached hydrogen (secondary N) is 1. The summed E-state index contributed by atoms with van der Waals surface area (Å²) in [5.74, 6) is 0.238. The molecule has 0 amide bonds. The van der Waals surface area contributed by atoms with Crippen LogP contribution >= 0.6 is 0 Å². The van der Waals surface area contributed by atoms with Gasteiger partial charge in [0.05, 0.1) is 16.2 Å². The molecule has 2 rings (SSSR count). The van der Waals surface area contributed by atoms with Gasteiger partial charge in [-0.05, 0) is 30.2 Å². The summed E-state index contributed by atoms with van der Waals surface area (Å²) in [5.41, 5.74) is 1.03. The van der Waals surface area contributed by atoms with Crippen LogP contribution in [0.5, 0.6) is 0 Å². The smallest absolute Gasteiger partial charge is 0.263 e. The number of pyridine rings is 1. The van der Waals surface area contributed by atoms with Crippen molar-refractivity contribution in [3.8, 4) is 6.07 Å². The molecule has 0 fully saturated rings. The number of sulfonamides is 1. The molecule has 1 N–H and O–H groups in total. The highest BCUT2D eigenvalue weighted by atomic mass is 32.2. The normalized spacial score (nSPS) is 11.1. The molecule has 0 unspecified atom stereocenters. The molecule has 0 spiro atoms. The second-order valence-corrected chi connectivity index (χ2v) is 6.50. The van der Waals surface area contributed by atoms with Crippen LogP contribution in [0.25, 0.3) is 0 Å². The second-order valence-electron chi connectivity index (χ2n) is 4.81. The summed E-state index contributed by atoms with van der Waals surface area (Å²) in [7, 11) is -3.67. The van der Waals surface area contributed by atoms with Gasteiger partial charge in [-0.25, -0.2) is 13.4 Å². The fourth-order valence-corrected chi connectivity index (χ4v) is 2.88. The van der Waals surface area contributed by atoms with Gasteiger partial charge in [0, 0.05) is 0 Å². The number of benzene rings is 1. The Balaban J connectivity index is 2.37. The molecule has 108 valence electrons. The number of nitriles is 1. The second kappa shape index (κ2) is 5.94. The summed E-state index contributed by atoms with van der Waals surface area (Å²) >= 11 is 0. The minimum absolute atomic E-state index is 0.0285. The van der Waals surface area contributed by atoms with Gasteiger partial charge >= 0.3 is 0 Å². The van der Waals surface area contributed by atoms with Gasteiger partial charge in [-0.1, -0.05) is 32.0 Å². The number of hydrogen-bond acceptors (Lipinski definition) is 4. The third-order valence-electron chi connectivity index (χ3n) is 2.88. The lowest BCUT2D eigenvalue weighted by atomic mass is 10.0. The third kappa shape index (κ3) is 3.38. The van der Waals surface area contributed by atoms with Crippen molar-refractivity contribution >= 4 is 15.8 Å². The van der Waals surface area contributed by atoms with Crippen molar-refractivity contribution in [1.82, 2.24) is 4.98 Å². The standard InChI is InChI=1S/C15H15N3O2S/c1-11(2)15-12(10-16)8-9-14(17-15)18-21(19,20)13-6-4-3-5-7-13/h3-9,11H,1-2H3,(H,17,18). The lowest BCUT2D eigenvalue weighted by Gasteiger charge is -2.11. The van der Waals surface area contributed by atoms with Crippen LogP contribution in [0.2, 0.25) is 0 Å². The molecule has 0 aliphatic rings. The maximum atomic E-state index is 12.2. The van der Waals surface area contributed by atoms with Crippen molar-refractivity contribution in [2.24, 2.45) is 0 Å². The maximum Gasteiger partial charge on any atom is 0.263 e. The van der Waals surface area contributed by atoms with Gasteiger partial charge in [0.15, 0.2) is 0 Å². The Morgan fingerprint density at radius 3 is 2.38 bits per heavy atom. The van der Waals surface area contributed by atoms with Crippen molar-refractivity contribution in [1.29, 1.82) is 5.26 Å². The fourth-order valence-electron chi connectivity index (χ4n) is 1.86. The Bertz CT molecular complexity index is 778. The summed E-state index contributed by atoms with van der Waals surface area (Å²) in [6.45, 7) is 3.80. The van der Waals surface area contributed by atoms with Crippen LogP contribution < -0.4 is 4.72 Å². The molecule has 5 nitrogen and oxygen atoms in total. The van der Waals surface area contributed by atoms with E-state index < -0.39 is 10.0 Å². The van der Waals surface area contributed by atoms with E-state index in [0.717, 1.165) is 0 Å². The van der Waals surface area contributed by atoms with Gasteiger partial charge in [0.25, 0.3) is 10.0 Å². The minimum atomic E-state index is -3.67. The van der Waals surface area contributed by atoms with Gasteiger partial charge in [-0.2, -0.15) is 5.26 Å². The van der Waals surface area contributed by atoms with E-state index in [0.29, 0.717) is 11.3 Å². The van der Waals surface area contributed by atoms with E-state index in [1.165, 1.54) is 18.2 Å². The molecule has 21 heavy (non-hydrogen) atoms. The van der Waals surface area contributed by atoms with Crippen LogP contribution in [0.4, 0.5) is 5.82 Å². The molecule has 0 saturated heterocycles. The highest BCUT2D eigenvalue weighted by Gasteiger charge is 2.16. The van der Waals surface area contributed by atoms with Crippen molar-refractivity contribution in [3.05, 3.63) is 53.7 Å². The molecule has 0 saturated carbocycles. The monoisotopic (exact) mass is 301 g/mol. The molecular formula is C15H15N3O2S. The predicted molar refractivity (Wildman–Crippen MR) is 80.3 cm³/mol. The molecule has 0 atom stereocenters. The molecule has 1 heterocycles. The van der Waals surface area contributed by atoms with Crippen molar-refractivity contribution in [2.75, 3.05) is 4.72 Å². The summed E-state index contributed by atoms with van der Waals surface area (Å²) in [4.78, 5) is 4.41.